The van der Waals surface area contributed by atoms with Crippen LogP contribution >= 0.6 is 0 Å². The molecule has 0 unspecified atom stereocenters. The Balaban J connectivity index is 0.779. The van der Waals surface area contributed by atoms with Gasteiger partial charge in [0, 0.05) is 44.1 Å². The predicted molar refractivity (Wildman–Crippen MR) is 252 cm³/mol. The zero-order chi connectivity index (χ0) is 46.9. The number of aromatic amines is 2. The number of ether oxygens (including phenoxy) is 4. The number of alkyl carbamates (subject to hydrolysis) is 2. The minimum atomic E-state index is -0.692. The van der Waals surface area contributed by atoms with Crippen LogP contribution in [0, 0.1) is 22.7 Å². The highest BCUT2D eigenvalue weighted by Gasteiger charge is 2.65. The van der Waals surface area contributed by atoms with E-state index in [1.54, 1.807) is 0 Å². The van der Waals surface area contributed by atoms with Crippen molar-refractivity contribution in [1.29, 1.82) is 0 Å². The molecular weight excluding hydrogens is 865 g/mol. The van der Waals surface area contributed by atoms with Crippen LogP contribution < -0.4 is 10.6 Å². The van der Waals surface area contributed by atoms with Gasteiger partial charge in [0.15, 0.2) is 0 Å². The molecule has 16 nitrogen and oxygen atoms in total. The molecule has 2 saturated carbocycles. The normalized spacial score (nSPS) is 27.5. The number of likely N-dealkylation sites (tertiary alicyclic amines) is 2. The van der Waals surface area contributed by atoms with Crippen LogP contribution in [0.4, 0.5) is 9.59 Å². The van der Waals surface area contributed by atoms with E-state index in [1.165, 1.54) is 14.2 Å². The first kappa shape index (κ1) is 44.3. The first-order chi connectivity index (χ1) is 32.9. The van der Waals surface area contributed by atoms with Crippen LogP contribution in [-0.4, -0.2) is 119 Å². The molecule has 6 heterocycles. The van der Waals surface area contributed by atoms with Crippen molar-refractivity contribution in [3.63, 3.8) is 0 Å². The Morgan fingerprint density at radius 2 is 1.01 bits per heavy atom. The smallest absolute Gasteiger partial charge is 0.407 e. The van der Waals surface area contributed by atoms with Gasteiger partial charge in [-0.15, -0.1) is 0 Å². The summed E-state index contributed by atoms with van der Waals surface area (Å²) in [6, 6.07) is 19.7. The monoisotopic (exact) mass is 924 g/mol. The lowest BCUT2D eigenvalue weighted by Gasteiger charge is -2.35. The predicted octanol–water partition coefficient (Wildman–Crippen LogP) is 7.69. The summed E-state index contributed by atoms with van der Waals surface area (Å²) in [6.45, 7) is 6.71. The first-order valence-corrected chi connectivity index (χ1v) is 24.2. The summed E-state index contributed by atoms with van der Waals surface area (Å²) in [5.41, 5.74) is 5.96. The molecule has 4 N–H and O–H groups in total. The summed E-state index contributed by atoms with van der Waals surface area (Å²) >= 11 is 0. The standard InChI is InChI=1S/C52H60N8O8/c1-51-23-39(59(41(51)25-51)47(61)43(57-49(63)65-3)31-13-17-67-18-14-31)45-53-27-37(55-45)30-7-5-29(6-8-30)33-9-10-35-22-36(12-11-34(35)21-33)38-28-54-46(56-38)40-24-52(2)26-42(52)60(40)48(62)44(58-50(64)66-4)32-15-19-68-20-16-32/h5-12,21-22,27-28,31-32,39-44H,13-20,23-26H2,1-4H3,(H,53,55)(H,54,56)(H,57,63)(H,58,64)/t39-,40-,41-,42-,43-,44-,51+,52+/m0/s1. The van der Waals surface area contributed by atoms with E-state index in [0.717, 1.165) is 81.7 Å². The minimum absolute atomic E-state index is 0.0184. The lowest BCUT2D eigenvalue weighted by molar-refractivity contribution is -0.138. The molecule has 356 valence electrons. The number of fused-ring (bicyclic) bond motifs is 3. The Labute approximate surface area is 395 Å². The molecule has 3 aromatic carbocycles. The maximum Gasteiger partial charge on any atom is 0.407 e. The average Bonchev–Trinajstić information content (AvgIpc) is 3.79. The van der Waals surface area contributed by atoms with Crippen LogP contribution in [-0.2, 0) is 28.5 Å². The molecule has 6 fully saturated rings. The van der Waals surface area contributed by atoms with E-state index >= 15 is 0 Å². The van der Waals surface area contributed by atoms with Crippen molar-refractivity contribution < 1.29 is 38.1 Å². The maximum atomic E-state index is 14.4. The lowest BCUT2D eigenvalue weighted by atomic mass is 9.90. The number of benzene rings is 3. The van der Waals surface area contributed by atoms with E-state index < -0.39 is 24.3 Å². The lowest BCUT2D eigenvalue weighted by Crippen LogP contribution is -2.54. The number of hydrogen-bond acceptors (Lipinski definition) is 10. The molecule has 0 radical (unpaired) electrons. The zero-order valence-electron chi connectivity index (χ0n) is 39.1. The molecule has 2 aliphatic carbocycles. The Morgan fingerprint density at radius 3 is 1.49 bits per heavy atom. The summed E-state index contributed by atoms with van der Waals surface area (Å²) in [4.78, 5) is 74.5. The molecule has 0 bridgehead atoms. The third kappa shape index (κ3) is 8.08. The number of piperidine rings is 2. The van der Waals surface area contributed by atoms with Gasteiger partial charge in [-0.3, -0.25) is 9.59 Å². The highest BCUT2D eigenvalue weighted by molar-refractivity contribution is 5.91. The number of nitrogens with one attached hydrogen (secondary N) is 4. The number of carbonyl (C=O) groups is 4. The van der Waals surface area contributed by atoms with E-state index in [1.807, 2.05) is 22.2 Å². The van der Waals surface area contributed by atoms with Crippen LogP contribution in [0.2, 0.25) is 0 Å². The van der Waals surface area contributed by atoms with E-state index in [0.29, 0.717) is 52.1 Å². The number of rotatable bonds is 11. The summed E-state index contributed by atoms with van der Waals surface area (Å²) in [5, 5.41) is 7.94. The second-order valence-electron chi connectivity index (χ2n) is 20.5. The fourth-order valence-corrected chi connectivity index (χ4v) is 12.0. The second-order valence-corrected chi connectivity index (χ2v) is 20.5. The Morgan fingerprint density at radius 1 is 0.603 bits per heavy atom. The highest BCUT2D eigenvalue weighted by atomic mass is 16.5. The van der Waals surface area contributed by atoms with Crippen LogP contribution in [0.1, 0.15) is 88.9 Å². The number of H-pyrrole nitrogens is 2. The number of carbonyl (C=O) groups excluding carboxylic acids is 4. The van der Waals surface area contributed by atoms with Crippen LogP contribution in [0.15, 0.2) is 73.1 Å². The number of imidazole rings is 2. The second kappa shape index (κ2) is 17.4. The first-order valence-electron chi connectivity index (χ1n) is 24.2. The Hall–Kier alpha value is -6.26. The number of aromatic nitrogens is 4. The molecular formula is C52H60N8O8. The summed E-state index contributed by atoms with van der Waals surface area (Å²) in [6.07, 6.45) is 8.75. The number of amides is 4. The van der Waals surface area contributed by atoms with Gasteiger partial charge in [-0.05, 0) is 114 Å². The van der Waals surface area contributed by atoms with Crippen molar-refractivity contribution >= 4 is 34.8 Å². The maximum absolute atomic E-state index is 14.4. The largest absolute Gasteiger partial charge is 0.453 e. The van der Waals surface area contributed by atoms with Gasteiger partial charge in [0.1, 0.15) is 23.7 Å². The van der Waals surface area contributed by atoms with Gasteiger partial charge < -0.3 is 49.3 Å². The molecule has 11 rings (SSSR count). The van der Waals surface area contributed by atoms with Crippen LogP contribution in [0.3, 0.4) is 0 Å². The van der Waals surface area contributed by atoms with Gasteiger partial charge in [-0.1, -0.05) is 62.4 Å². The van der Waals surface area contributed by atoms with Crippen molar-refractivity contribution in [2.75, 3.05) is 40.6 Å². The van der Waals surface area contributed by atoms with Gasteiger partial charge in [0.25, 0.3) is 0 Å². The van der Waals surface area contributed by atoms with Gasteiger partial charge >= 0.3 is 12.2 Å². The van der Waals surface area contributed by atoms with Gasteiger partial charge in [0.05, 0.1) is 50.1 Å². The minimum Gasteiger partial charge on any atom is -0.453 e. The van der Waals surface area contributed by atoms with Crippen molar-refractivity contribution in [2.24, 2.45) is 22.7 Å². The third-order valence-electron chi connectivity index (χ3n) is 16.2. The van der Waals surface area contributed by atoms with E-state index in [4.69, 9.17) is 28.9 Å². The topological polar surface area (TPSA) is 193 Å². The van der Waals surface area contributed by atoms with Crippen molar-refractivity contribution in [1.82, 2.24) is 40.4 Å². The van der Waals surface area contributed by atoms with E-state index in [-0.39, 0.29) is 58.6 Å². The van der Waals surface area contributed by atoms with Gasteiger partial charge in [-0.25, -0.2) is 19.6 Å². The van der Waals surface area contributed by atoms with Crippen LogP contribution in [0.5, 0.6) is 0 Å². The number of nitrogens with zero attached hydrogens (tertiary/aromatic N) is 4. The zero-order valence-corrected chi connectivity index (χ0v) is 39.1. The fourth-order valence-electron chi connectivity index (χ4n) is 12.0. The van der Waals surface area contributed by atoms with E-state index in [2.05, 4.69) is 95.1 Å². The SMILES string of the molecule is COC(=O)N[C@H](C(=O)N1[C@H]2C[C@@]2(C)C[C@H]1c1ncc(-c2ccc(-c3ccc4cc(-c5cnc([C@@H]6C[C@]7(C)C[C@@H]7N6C(=O)[C@@H](NC(=O)OC)C6CCOCC6)[nH]5)ccc4c3)cc2)[nH]1)C1CCOCC1. The Bertz CT molecular complexity index is 2740. The molecule has 4 aliphatic heterocycles. The molecule has 6 aliphatic rings. The van der Waals surface area contributed by atoms with Crippen LogP contribution in [0.25, 0.3) is 44.4 Å². The molecule has 0 spiro atoms. The molecule has 4 saturated heterocycles. The van der Waals surface area contributed by atoms with E-state index in [9.17, 15) is 19.2 Å². The number of methoxy groups -OCH3 is 2. The van der Waals surface area contributed by atoms with Crippen molar-refractivity contribution in [2.45, 2.75) is 101 Å². The Kier molecular flexibility index (Phi) is 11.3. The summed E-state index contributed by atoms with van der Waals surface area (Å²) < 4.78 is 21.0. The fraction of sp³-hybridized carbons (Fsp3) is 0.500. The molecule has 16 heteroatoms. The molecule has 8 atom stereocenters. The molecule has 68 heavy (non-hydrogen) atoms. The highest BCUT2D eigenvalue weighted by Crippen LogP contribution is 2.64. The van der Waals surface area contributed by atoms with Crippen molar-refractivity contribution in [3.8, 4) is 33.6 Å². The van der Waals surface area contributed by atoms with Gasteiger partial charge in [-0.2, -0.15) is 0 Å². The van der Waals surface area contributed by atoms with Gasteiger partial charge in [0.2, 0.25) is 11.8 Å². The van der Waals surface area contributed by atoms with Crippen molar-refractivity contribution in [3.05, 3.63) is 84.7 Å². The molecule has 2 aromatic heterocycles. The summed E-state index contributed by atoms with van der Waals surface area (Å²) in [7, 11) is 2.65. The quantitative estimate of drug-likeness (QED) is 0.102. The average molecular weight is 925 g/mol. The summed E-state index contributed by atoms with van der Waals surface area (Å²) in [5.74, 6) is 1.27. The number of hydrogen-bond donors (Lipinski definition) is 4. The molecule has 5 aromatic rings. The molecule has 4 amide bonds. The third-order valence-corrected chi connectivity index (χ3v) is 16.2.